The molecule has 0 saturated heterocycles. The lowest BCUT2D eigenvalue weighted by molar-refractivity contribution is -0.189. The Hall–Kier alpha value is -2.23. The van der Waals surface area contributed by atoms with Crippen LogP contribution in [0.2, 0.25) is 0 Å². The molecule has 1 fully saturated rings. The Balaban J connectivity index is 1.86. The number of hydrogen-bond donors (Lipinski definition) is 1. The summed E-state index contributed by atoms with van der Waals surface area (Å²) in [4.78, 5) is 11.8. The van der Waals surface area contributed by atoms with Crippen LogP contribution in [-0.2, 0) is 4.79 Å². The molecule has 1 saturated carbocycles. The van der Waals surface area contributed by atoms with E-state index in [1.807, 2.05) is 6.07 Å². The van der Waals surface area contributed by atoms with Crippen LogP contribution >= 0.6 is 0 Å². The van der Waals surface area contributed by atoms with E-state index in [1.54, 1.807) is 0 Å². The maximum absolute atomic E-state index is 13.0. The van der Waals surface area contributed by atoms with Gasteiger partial charge >= 0.3 is 6.18 Å². The van der Waals surface area contributed by atoms with Crippen molar-refractivity contribution in [2.75, 3.05) is 6.61 Å². The summed E-state index contributed by atoms with van der Waals surface area (Å²) in [5.74, 6) is -1.68. The zero-order valence-electron chi connectivity index (χ0n) is 12.4. The van der Waals surface area contributed by atoms with Gasteiger partial charge in [0.25, 0.3) is 5.91 Å². The van der Waals surface area contributed by atoms with E-state index in [1.165, 1.54) is 24.3 Å². The number of benzene rings is 1. The van der Waals surface area contributed by atoms with Crippen LogP contribution in [0.15, 0.2) is 24.3 Å². The van der Waals surface area contributed by atoms with Crippen molar-refractivity contribution in [2.24, 2.45) is 5.92 Å². The van der Waals surface area contributed by atoms with Gasteiger partial charge in [0.15, 0.2) is 6.61 Å². The van der Waals surface area contributed by atoms with Crippen molar-refractivity contribution >= 4 is 5.91 Å². The normalized spacial score (nSPS) is 21.3. The number of nitrogens with one attached hydrogen (secondary N) is 1. The Kier molecular flexibility index (Phi) is 5.48. The first kappa shape index (κ1) is 17.1. The van der Waals surface area contributed by atoms with Crippen molar-refractivity contribution in [3.63, 3.8) is 0 Å². The molecule has 4 nitrogen and oxygen atoms in total. The summed E-state index contributed by atoms with van der Waals surface area (Å²) in [7, 11) is 0. The third-order valence-corrected chi connectivity index (χ3v) is 3.89. The second-order valence-corrected chi connectivity index (χ2v) is 5.53. The number of alkyl halides is 3. The molecular formula is C16H17F3N2O2. The number of carbonyl (C=O) groups is 1. The SMILES string of the molecule is N#Cc1ccc(OCC(=O)N[C@H]2CCCC[C@H]2C(F)(F)F)cc1. The standard InChI is InChI=1S/C16H17F3N2O2/c17-16(18,19)13-3-1-2-4-14(13)21-15(22)10-23-12-7-5-11(9-20)6-8-12/h5-8,13-14H,1-4,10H2,(H,21,22)/t13-,14+/m1/s1. The molecule has 1 aliphatic carbocycles. The lowest BCUT2D eigenvalue weighted by Gasteiger charge is -2.33. The minimum absolute atomic E-state index is 0.0466. The summed E-state index contributed by atoms with van der Waals surface area (Å²) >= 11 is 0. The average Bonchev–Trinajstić information content (AvgIpc) is 2.53. The number of ether oxygens (including phenoxy) is 1. The Bertz CT molecular complexity index is 578. The molecule has 0 radical (unpaired) electrons. The Morgan fingerprint density at radius 3 is 2.52 bits per heavy atom. The monoisotopic (exact) mass is 326 g/mol. The van der Waals surface area contributed by atoms with Crippen LogP contribution in [0.25, 0.3) is 0 Å². The van der Waals surface area contributed by atoms with Gasteiger partial charge in [-0.1, -0.05) is 12.8 Å². The first-order valence-corrected chi connectivity index (χ1v) is 7.39. The van der Waals surface area contributed by atoms with E-state index in [4.69, 9.17) is 10.00 Å². The Labute approximate surface area is 132 Å². The molecule has 0 unspecified atom stereocenters. The second kappa shape index (κ2) is 7.36. The lowest BCUT2D eigenvalue weighted by atomic mass is 9.84. The molecule has 7 heteroatoms. The highest BCUT2D eigenvalue weighted by Gasteiger charge is 2.45. The van der Waals surface area contributed by atoms with E-state index in [-0.39, 0.29) is 13.0 Å². The summed E-state index contributed by atoms with van der Waals surface area (Å²) in [6.07, 6.45) is -2.73. The first-order chi connectivity index (χ1) is 10.9. The van der Waals surface area contributed by atoms with Crippen molar-refractivity contribution in [3.05, 3.63) is 29.8 Å². The van der Waals surface area contributed by atoms with Crippen LogP contribution in [0.3, 0.4) is 0 Å². The fourth-order valence-electron chi connectivity index (χ4n) is 2.72. The van der Waals surface area contributed by atoms with Crippen molar-refractivity contribution in [2.45, 2.75) is 37.9 Å². The van der Waals surface area contributed by atoms with Gasteiger partial charge in [-0.05, 0) is 37.1 Å². The summed E-state index contributed by atoms with van der Waals surface area (Å²) in [5, 5.41) is 11.1. The number of halogens is 3. The molecule has 1 aromatic carbocycles. The zero-order chi connectivity index (χ0) is 16.9. The number of carbonyl (C=O) groups excluding carboxylic acids is 1. The van der Waals surface area contributed by atoms with Crippen molar-refractivity contribution in [3.8, 4) is 11.8 Å². The van der Waals surface area contributed by atoms with Gasteiger partial charge in [0.05, 0.1) is 17.6 Å². The second-order valence-electron chi connectivity index (χ2n) is 5.53. The van der Waals surface area contributed by atoms with Gasteiger partial charge in [0.1, 0.15) is 5.75 Å². The van der Waals surface area contributed by atoms with E-state index in [2.05, 4.69) is 5.32 Å². The number of nitrogens with zero attached hydrogens (tertiary/aromatic N) is 1. The molecule has 1 N–H and O–H groups in total. The van der Waals surface area contributed by atoms with Gasteiger partial charge in [-0.15, -0.1) is 0 Å². The van der Waals surface area contributed by atoms with Crippen LogP contribution in [0.5, 0.6) is 5.75 Å². The third kappa shape index (κ3) is 4.88. The minimum Gasteiger partial charge on any atom is -0.484 e. The number of amides is 1. The minimum atomic E-state index is -4.30. The molecule has 124 valence electrons. The molecule has 23 heavy (non-hydrogen) atoms. The zero-order valence-corrected chi connectivity index (χ0v) is 12.4. The van der Waals surface area contributed by atoms with Crippen LogP contribution < -0.4 is 10.1 Å². The molecule has 1 amide bonds. The van der Waals surface area contributed by atoms with Gasteiger partial charge in [-0.3, -0.25) is 4.79 Å². The highest BCUT2D eigenvalue weighted by molar-refractivity contribution is 5.77. The van der Waals surface area contributed by atoms with Crippen LogP contribution in [-0.4, -0.2) is 24.7 Å². The summed E-state index contributed by atoms with van der Waals surface area (Å²) in [5.41, 5.74) is 0.456. The smallest absolute Gasteiger partial charge is 0.393 e. The topological polar surface area (TPSA) is 62.1 Å². The van der Waals surface area contributed by atoms with Gasteiger partial charge in [0.2, 0.25) is 0 Å². The molecule has 0 aliphatic heterocycles. The van der Waals surface area contributed by atoms with Crippen molar-refractivity contribution in [1.82, 2.24) is 5.32 Å². The van der Waals surface area contributed by atoms with Gasteiger partial charge < -0.3 is 10.1 Å². The quantitative estimate of drug-likeness (QED) is 0.924. The van der Waals surface area contributed by atoms with E-state index < -0.39 is 24.0 Å². The van der Waals surface area contributed by atoms with E-state index >= 15 is 0 Å². The van der Waals surface area contributed by atoms with Gasteiger partial charge in [-0.25, -0.2) is 0 Å². The predicted molar refractivity (Wildman–Crippen MR) is 76.6 cm³/mol. The third-order valence-electron chi connectivity index (χ3n) is 3.89. The molecule has 0 heterocycles. The van der Waals surface area contributed by atoms with Crippen LogP contribution in [0.4, 0.5) is 13.2 Å². The molecule has 0 aromatic heterocycles. The molecule has 1 aromatic rings. The molecule has 0 spiro atoms. The number of rotatable bonds is 4. The highest BCUT2D eigenvalue weighted by atomic mass is 19.4. The van der Waals surface area contributed by atoms with Gasteiger partial charge in [0, 0.05) is 6.04 Å². The first-order valence-electron chi connectivity index (χ1n) is 7.39. The average molecular weight is 326 g/mol. The Morgan fingerprint density at radius 1 is 1.26 bits per heavy atom. The summed E-state index contributed by atoms with van der Waals surface area (Å²) in [6, 6.07) is 7.20. The van der Waals surface area contributed by atoms with Crippen molar-refractivity contribution < 1.29 is 22.7 Å². The van der Waals surface area contributed by atoms with E-state index in [0.29, 0.717) is 30.6 Å². The van der Waals surface area contributed by atoms with Crippen LogP contribution in [0, 0.1) is 17.2 Å². The largest absolute Gasteiger partial charge is 0.484 e. The maximum atomic E-state index is 13.0. The van der Waals surface area contributed by atoms with Gasteiger partial charge in [-0.2, -0.15) is 18.4 Å². The number of hydrogen-bond acceptors (Lipinski definition) is 3. The Morgan fingerprint density at radius 2 is 1.91 bits per heavy atom. The lowest BCUT2D eigenvalue weighted by Crippen LogP contribution is -2.48. The number of nitriles is 1. The molecule has 2 rings (SSSR count). The van der Waals surface area contributed by atoms with E-state index in [0.717, 1.165) is 0 Å². The predicted octanol–water partition coefficient (Wildman–Crippen LogP) is 3.17. The molecule has 1 aliphatic rings. The highest BCUT2D eigenvalue weighted by Crippen LogP contribution is 2.37. The fraction of sp³-hybridized carbons (Fsp3) is 0.500. The summed E-state index contributed by atoms with van der Waals surface area (Å²) < 4.78 is 44.1. The molecular weight excluding hydrogens is 309 g/mol. The maximum Gasteiger partial charge on any atom is 0.393 e. The van der Waals surface area contributed by atoms with Crippen molar-refractivity contribution in [1.29, 1.82) is 5.26 Å². The molecule has 0 bridgehead atoms. The van der Waals surface area contributed by atoms with E-state index in [9.17, 15) is 18.0 Å². The fourth-order valence-corrected chi connectivity index (χ4v) is 2.72. The van der Waals surface area contributed by atoms with Crippen LogP contribution in [0.1, 0.15) is 31.2 Å². The summed E-state index contributed by atoms with van der Waals surface area (Å²) in [6.45, 7) is -0.354. The molecule has 2 atom stereocenters.